The van der Waals surface area contributed by atoms with Gasteiger partial charge in [0.1, 0.15) is 48.8 Å². The number of hydrogen-bond acceptors (Lipinski definition) is 11. The summed E-state index contributed by atoms with van der Waals surface area (Å²) in [4.78, 5) is 0. The third kappa shape index (κ3) is 8.31. The first-order chi connectivity index (χ1) is 16.3. The van der Waals surface area contributed by atoms with Crippen LogP contribution in [0.15, 0.2) is 0 Å². The summed E-state index contributed by atoms with van der Waals surface area (Å²) in [7, 11) is 0. The standard InChI is InChI=1S/C23H44O11/c1-2-3-4-5-6-7-8-9-10-11-31-22-20(30)18(28)21(15(13-25)33-22)34-23-19(29)17(27)16(26)14(12-24)32-23/h14-30H,2-13H2,1H3/t14?,15?,16-,17?,18?,19?,20?,21-,22-,23-/m1/s1. The molecule has 11 nitrogen and oxygen atoms in total. The SMILES string of the molecule is CCCCCCCCCCCO[C@@H]1OC(CO)[C@@H](O[C@H]2OC(CO)[C@@H](O)C(O)C2O)C(O)C1O. The Kier molecular flexibility index (Phi) is 13.7. The van der Waals surface area contributed by atoms with Crippen molar-refractivity contribution in [3.63, 3.8) is 0 Å². The quantitative estimate of drug-likeness (QED) is 0.141. The summed E-state index contributed by atoms with van der Waals surface area (Å²) in [6.45, 7) is 1.29. The van der Waals surface area contributed by atoms with Crippen LogP contribution in [-0.4, -0.2) is 117 Å². The van der Waals surface area contributed by atoms with E-state index in [4.69, 9.17) is 18.9 Å². The maximum Gasteiger partial charge on any atom is 0.187 e. The second kappa shape index (κ2) is 15.6. The Labute approximate surface area is 201 Å². The Bertz CT molecular complexity index is 535. The number of aliphatic hydroxyl groups excluding tert-OH is 7. The zero-order valence-corrected chi connectivity index (χ0v) is 20.0. The predicted molar refractivity (Wildman–Crippen MR) is 120 cm³/mol. The van der Waals surface area contributed by atoms with Gasteiger partial charge in [-0.3, -0.25) is 0 Å². The summed E-state index contributed by atoms with van der Waals surface area (Å²) in [5.74, 6) is 0. The van der Waals surface area contributed by atoms with E-state index < -0.39 is 74.6 Å². The highest BCUT2D eigenvalue weighted by molar-refractivity contribution is 4.94. The first-order valence-electron chi connectivity index (χ1n) is 12.6. The minimum Gasteiger partial charge on any atom is -0.394 e. The molecule has 34 heavy (non-hydrogen) atoms. The van der Waals surface area contributed by atoms with Crippen LogP contribution in [0.1, 0.15) is 64.7 Å². The second-order valence-corrected chi connectivity index (χ2v) is 9.20. The molecule has 0 saturated carbocycles. The molecule has 2 heterocycles. The van der Waals surface area contributed by atoms with Crippen molar-refractivity contribution in [2.24, 2.45) is 0 Å². The lowest BCUT2D eigenvalue weighted by Crippen LogP contribution is -2.64. The molecule has 0 aromatic rings. The van der Waals surface area contributed by atoms with Crippen molar-refractivity contribution in [1.29, 1.82) is 0 Å². The van der Waals surface area contributed by atoms with Crippen LogP contribution in [-0.2, 0) is 18.9 Å². The Morgan fingerprint density at radius 2 is 1.12 bits per heavy atom. The Hall–Kier alpha value is -0.440. The minimum atomic E-state index is -1.69. The van der Waals surface area contributed by atoms with Crippen molar-refractivity contribution in [2.45, 2.75) is 126 Å². The molecular formula is C23H44O11. The summed E-state index contributed by atoms with van der Waals surface area (Å²) in [6.07, 6.45) is -3.99. The number of unbranched alkanes of at least 4 members (excludes halogenated alkanes) is 8. The average molecular weight is 497 g/mol. The Morgan fingerprint density at radius 1 is 0.588 bits per heavy atom. The van der Waals surface area contributed by atoms with Crippen molar-refractivity contribution in [3.8, 4) is 0 Å². The van der Waals surface area contributed by atoms with Gasteiger partial charge in [0.25, 0.3) is 0 Å². The number of ether oxygens (including phenoxy) is 4. The molecule has 2 fully saturated rings. The lowest BCUT2D eigenvalue weighted by Gasteiger charge is -2.45. The lowest BCUT2D eigenvalue weighted by atomic mass is 9.97. The summed E-state index contributed by atoms with van der Waals surface area (Å²) in [6, 6.07) is 0. The fourth-order valence-corrected chi connectivity index (χ4v) is 4.31. The molecule has 0 aromatic carbocycles. The molecule has 0 aromatic heterocycles. The first kappa shape index (κ1) is 29.8. The van der Waals surface area contributed by atoms with E-state index in [9.17, 15) is 35.7 Å². The van der Waals surface area contributed by atoms with E-state index in [-0.39, 0.29) is 0 Å². The van der Waals surface area contributed by atoms with Gasteiger partial charge in [0.15, 0.2) is 12.6 Å². The lowest BCUT2D eigenvalue weighted by molar-refractivity contribution is -0.359. The van der Waals surface area contributed by atoms with E-state index >= 15 is 0 Å². The molecule has 0 bridgehead atoms. The van der Waals surface area contributed by atoms with Gasteiger partial charge < -0.3 is 54.7 Å². The van der Waals surface area contributed by atoms with Crippen molar-refractivity contribution < 1.29 is 54.7 Å². The molecule has 6 unspecified atom stereocenters. The van der Waals surface area contributed by atoms with Crippen LogP contribution < -0.4 is 0 Å². The minimum absolute atomic E-state index is 0.320. The van der Waals surface area contributed by atoms with Crippen molar-refractivity contribution >= 4 is 0 Å². The molecule has 2 saturated heterocycles. The molecule has 0 aliphatic carbocycles. The van der Waals surface area contributed by atoms with Gasteiger partial charge in [-0.05, 0) is 6.42 Å². The average Bonchev–Trinajstić information content (AvgIpc) is 2.84. The van der Waals surface area contributed by atoms with Crippen LogP contribution in [0.4, 0.5) is 0 Å². The predicted octanol–water partition coefficient (Wildman–Crippen LogP) is -0.842. The van der Waals surface area contributed by atoms with Gasteiger partial charge in [-0.25, -0.2) is 0 Å². The highest BCUT2D eigenvalue weighted by atomic mass is 16.7. The van der Waals surface area contributed by atoms with Gasteiger partial charge in [-0.2, -0.15) is 0 Å². The Balaban J connectivity index is 1.78. The number of aliphatic hydroxyl groups is 7. The molecule has 202 valence electrons. The van der Waals surface area contributed by atoms with Gasteiger partial charge in [0.05, 0.1) is 13.2 Å². The van der Waals surface area contributed by atoms with E-state index in [1.54, 1.807) is 0 Å². The van der Waals surface area contributed by atoms with Gasteiger partial charge in [0, 0.05) is 6.61 Å². The smallest absolute Gasteiger partial charge is 0.187 e. The van der Waals surface area contributed by atoms with E-state index in [0.717, 1.165) is 19.3 Å². The molecule has 11 heteroatoms. The number of rotatable bonds is 15. The monoisotopic (exact) mass is 496 g/mol. The van der Waals surface area contributed by atoms with Gasteiger partial charge in [-0.1, -0.05) is 58.3 Å². The molecule has 10 atom stereocenters. The zero-order chi connectivity index (χ0) is 25.1. The van der Waals surface area contributed by atoms with Crippen LogP contribution in [0.3, 0.4) is 0 Å². The van der Waals surface area contributed by atoms with Crippen LogP contribution in [0.2, 0.25) is 0 Å². The molecule has 0 radical (unpaired) electrons. The topological polar surface area (TPSA) is 179 Å². The molecule has 2 aliphatic rings. The van der Waals surface area contributed by atoms with E-state index in [1.165, 1.54) is 38.5 Å². The van der Waals surface area contributed by atoms with Crippen molar-refractivity contribution in [2.75, 3.05) is 19.8 Å². The maximum atomic E-state index is 10.6. The number of hydrogen-bond donors (Lipinski definition) is 7. The molecular weight excluding hydrogens is 452 g/mol. The second-order valence-electron chi connectivity index (χ2n) is 9.20. The van der Waals surface area contributed by atoms with Crippen LogP contribution in [0.5, 0.6) is 0 Å². The van der Waals surface area contributed by atoms with Crippen LogP contribution in [0, 0.1) is 0 Å². The zero-order valence-electron chi connectivity index (χ0n) is 20.0. The summed E-state index contributed by atoms with van der Waals surface area (Å²) in [5, 5.41) is 70.0. The van der Waals surface area contributed by atoms with E-state index in [2.05, 4.69) is 6.92 Å². The molecule has 0 amide bonds. The van der Waals surface area contributed by atoms with Gasteiger partial charge >= 0.3 is 0 Å². The Morgan fingerprint density at radius 3 is 1.71 bits per heavy atom. The molecule has 0 spiro atoms. The van der Waals surface area contributed by atoms with E-state index in [0.29, 0.717) is 6.61 Å². The highest BCUT2D eigenvalue weighted by Crippen LogP contribution is 2.29. The summed E-state index contributed by atoms with van der Waals surface area (Å²) >= 11 is 0. The van der Waals surface area contributed by atoms with Crippen molar-refractivity contribution in [3.05, 3.63) is 0 Å². The van der Waals surface area contributed by atoms with Crippen LogP contribution in [0.25, 0.3) is 0 Å². The molecule has 2 aliphatic heterocycles. The summed E-state index contributed by atoms with van der Waals surface area (Å²) in [5.41, 5.74) is 0. The fraction of sp³-hybridized carbons (Fsp3) is 1.00. The van der Waals surface area contributed by atoms with Gasteiger partial charge in [0.2, 0.25) is 0 Å². The largest absolute Gasteiger partial charge is 0.394 e. The third-order valence-electron chi connectivity index (χ3n) is 6.49. The van der Waals surface area contributed by atoms with E-state index in [1.807, 2.05) is 0 Å². The van der Waals surface area contributed by atoms with Crippen molar-refractivity contribution in [1.82, 2.24) is 0 Å². The fourth-order valence-electron chi connectivity index (χ4n) is 4.31. The highest BCUT2D eigenvalue weighted by Gasteiger charge is 2.50. The first-order valence-corrected chi connectivity index (χ1v) is 12.6. The third-order valence-corrected chi connectivity index (χ3v) is 6.49. The maximum absolute atomic E-state index is 10.6. The molecule has 2 rings (SSSR count). The molecule has 7 N–H and O–H groups in total. The normalized spacial score (nSPS) is 38.8. The van der Waals surface area contributed by atoms with Crippen LogP contribution >= 0.6 is 0 Å². The summed E-state index contributed by atoms with van der Waals surface area (Å²) < 4.78 is 22.0. The van der Waals surface area contributed by atoms with Gasteiger partial charge in [-0.15, -0.1) is 0 Å².